The maximum atomic E-state index is 10.2. The first-order chi connectivity index (χ1) is 21.5. The fourth-order valence-corrected chi connectivity index (χ4v) is 5.86. The van der Waals surface area contributed by atoms with Crippen LogP contribution < -0.4 is 4.65 Å². The molecule has 2 aromatic rings. The monoisotopic (exact) mass is 776 g/mol. The minimum atomic E-state index is -0.807. The van der Waals surface area contributed by atoms with E-state index in [1.807, 2.05) is 38.1 Å². The standard InChI is InChI=1S/C16H32B2O4.C11H12BBrO2.C7H5BrO2/c1-11(2)12(17-19-13(3,4)14(5,6)20-17)18-21-15(7,8)16(9,10)22-18;1-7(2)10-6-8-5-9(13)3-4-11(8)15-12(10)14;8-6-1-2-7(10)5(3-6)4-9/h11-12H,1-10H3;3-7,14H,1-2H3;1-4,10H. The molecule has 3 aliphatic rings. The second-order valence-corrected chi connectivity index (χ2v) is 16.7. The molecule has 0 amide bonds. The summed E-state index contributed by atoms with van der Waals surface area (Å²) in [6.45, 7) is 25.0. The van der Waals surface area contributed by atoms with Crippen molar-refractivity contribution in [2.24, 2.45) is 11.8 Å². The Hall–Kier alpha value is -1.60. The average molecular weight is 778 g/mol. The molecule has 0 aromatic heterocycles. The van der Waals surface area contributed by atoms with E-state index in [1.54, 1.807) is 12.1 Å². The lowest BCUT2D eigenvalue weighted by Gasteiger charge is -2.32. The van der Waals surface area contributed by atoms with Crippen molar-refractivity contribution in [3.8, 4) is 11.5 Å². The van der Waals surface area contributed by atoms with Gasteiger partial charge < -0.3 is 33.4 Å². The van der Waals surface area contributed by atoms with Gasteiger partial charge in [-0.15, -0.1) is 0 Å². The van der Waals surface area contributed by atoms with Crippen molar-refractivity contribution in [1.29, 1.82) is 0 Å². The van der Waals surface area contributed by atoms with Gasteiger partial charge in [-0.05, 0) is 109 Å². The van der Waals surface area contributed by atoms with Gasteiger partial charge in [0.2, 0.25) is 0 Å². The van der Waals surface area contributed by atoms with Crippen LogP contribution in [-0.4, -0.2) is 60.2 Å². The number of phenolic OH excluding ortho intramolecular Hbond substituents is 1. The number of rotatable bonds is 5. The Morgan fingerprint density at radius 1 is 0.745 bits per heavy atom. The van der Waals surface area contributed by atoms with E-state index < -0.39 is 7.12 Å². The number of aldehydes is 1. The molecule has 0 aliphatic carbocycles. The summed E-state index contributed by atoms with van der Waals surface area (Å²) in [6, 6.07) is 10.4. The van der Waals surface area contributed by atoms with Gasteiger partial charge in [0.25, 0.3) is 0 Å². The van der Waals surface area contributed by atoms with Crippen LogP contribution in [0.2, 0.25) is 5.72 Å². The third-order valence-electron chi connectivity index (χ3n) is 9.54. The minimum absolute atomic E-state index is 0.0122. The van der Waals surface area contributed by atoms with Crippen molar-refractivity contribution in [3.05, 3.63) is 61.9 Å². The molecule has 0 unspecified atom stereocenters. The topological polar surface area (TPSA) is 104 Å². The number of benzene rings is 2. The van der Waals surface area contributed by atoms with Crippen LogP contribution in [-0.2, 0) is 18.6 Å². The van der Waals surface area contributed by atoms with Crippen LogP contribution in [0, 0.1) is 11.8 Å². The first kappa shape index (κ1) is 39.8. The zero-order valence-corrected chi connectivity index (χ0v) is 32.9. The molecule has 256 valence electrons. The number of aromatic hydroxyl groups is 1. The van der Waals surface area contributed by atoms with Gasteiger partial charge in [-0.25, -0.2) is 0 Å². The Morgan fingerprint density at radius 2 is 1.19 bits per heavy atom. The molecule has 3 aliphatic heterocycles. The number of allylic oxidation sites excluding steroid dienone is 1. The zero-order valence-electron chi connectivity index (χ0n) is 29.7. The summed E-state index contributed by atoms with van der Waals surface area (Å²) in [5.74, 6) is 1.35. The zero-order chi connectivity index (χ0) is 35.7. The molecule has 2 aromatic carbocycles. The highest BCUT2D eigenvalue weighted by atomic mass is 79.9. The molecule has 2 saturated heterocycles. The van der Waals surface area contributed by atoms with Gasteiger partial charge in [0.15, 0.2) is 6.29 Å². The smallest absolute Gasteiger partial charge is 0.532 e. The number of halogens is 2. The largest absolute Gasteiger partial charge is 0.556 e. The van der Waals surface area contributed by atoms with Gasteiger partial charge in [-0.1, -0.05) is 65.6 Å². The predicted octanol–water partition coefficient (Wildman–Crippen LogP) is 8.60. The van der Waals surface area contributed by atoms with Crippen molar-refractivity contribution in [2.45, 2.75) is 111 Å². The molecule has 0 spiro atoms. The summed E-state index contributed by atoms with van der Waals surface area (Å²) in [4.78, 5) is 10.2. The Balaban J connectivity index is 0.000000207. The molecule has 0 radical (unpaired) electrons. The number of carbonyl (C=O) groups excluding carboxylic acids is 1. The molecular weight excluding hydrogens is 729 g/mol. The van der Waals surface area contributed by atoms with Crippen LogP contribution in [0.5, 0.6) is 11.5 Å². The van der Waals surface area contributed by atoms with E-state index in [4.69, 9.17) is 28.4 Å². The molecule has 2 fully saturated rings. The second kappa shape index (κ2) is 15.1. The summed E-state index contributed by atoms with van der Waals surface area (Å²) in [5, 5.41) is 18.7. The van der Waals surface area contributed by atoms with E-state index in [-0.39, 0.29) is 54.0 Å². The summed E-state index contributed by atoms with van der Waals surface area (Å²) >= 11 is 6.58. The molecular formula is C34H49B3Br2O8. The third-order valence-corrected chi connectivity index (χ3v) is 10.5. The Bertz CT molecular complexity index is 1380. The maximum Gasteiger partial charge on any atom is 0.556 e. The van der Waals surface area contributed by atoms with E-state index in [1.165, 1.54) is 6.07 Å². The fourth-order valence-electron chi connectivity index (χ4n) is 5.10. The molecule has 2 N–H and O–H groups in total. The Labute approximate surface area is 299 Å². The van der Waals surface area contributed by atoms with Crippen LogP contribution >= 0.6 is 31.9 Å². The van der Waals surface area contributed by atoms with E-state index in [0.717, 1.165) is 25.7 Å². The maximum absolute atomic E-state index is 10.2. The van der Waals surface area contributed by atoms with Crippen molar-refractivity contribution in [3.63, 3.8) is 0 Å². The number of hydrogen-bond acceptors (Lipinski definition) is 8. The molecule has 47 heavy (non-hydrogen) atoms. The first-order valence-corrected chi connectivity index (χ1v) is 17.6. The van der Waals surface area contributed by atoms with Gasteiger partial charge in [0.1, 0.15) is 11.5 Å². The van der Waals surface area contributed by atoms with Gasteiger partial charge in [0, 0.05) is 20.2 Å². The number of hydrogen-bond donors (Lipinski definition) is 2. The number of phenols is 1. The molecule has 5 rings (SSSR count). The quantitative estimate of drug-likeness (QED) is 0.230. The molecule has 3 heterocycles. The van der Waals surface area contributed by atoms with Gasteiger partial charge in [0.05, 0.1) is 28.0 Å². The summed E-state index contributed by atoms with van der Waals surface area (Å²) in [7, 11) is -1.45. The van der Waals surface area contributed by atoms with Crippen molar-refractivity contribution in [1.82, 2.24) is 0 Å². The fraction of sp³-hybridized carbons (Fsp3) is 0.559. The highest BCUT2D eigenvalue weighted by Crippen LogP contribution is 2.47. The van der Waals surface area contributed by atoms with E-state index in [9.17, 15) is 9.82 Å². The molecule has 13 heteroatoms. The third kappa shape index (κ3) is 9.35. The first-order valence-electron chi connectivity index (χ1n) is 16.0. The second-order valence-electron chi connectivity index (χ2n) is 14.8. The Kier molecular flexibility index (Phi) is 12.8. The summed E-state index contributed by atoms with van der Waals surface area (Å²) in [5.41, 5.74) is 0.904. The van der Waals surface area contributed by atoms with Gasteiger partial charge in [-0.2, -0.15) is 0 Å². The van der Waals surface area contributed by atoms with Crippen LogP contribution in [0.4, 0.5) is 0 Å². The van der Waals surface area contributed by atoms with Crippen molar-refractivity contribution in [2.75, 3.05) is 0 Å². The molecule has 0 bridgehead atoms. The minimum Gasteiger partial charge on any atom is -0.532 e. The molecule has 0 saturated carbocycles. The van der Waals surface area contributed by atoms with Crippen molar-refractivity contribution >= 4 is 65.6 Å². The lowest BCUT2D eigenvalue weighted by atomic mass is 9.47. The molecule has 0 atom stereocenters. The van der Waals surface area contributed by atoms with Crippen molar-refractivity contribution < 1.29 is 38.2 Å². The normalized spacial score (nSPS) is 20.2. The van der Waals surface area contributed by atoms with E-state index >= 15 is 0 Å². The van der Waals surface area contributed by atoms with Gasteiger partial charge in [-0.3, -0.25) is 4.79 Å². The SMILES string of the molecule is CC(C)C(B1OC(C)(C)C(C)(C)O1)B1OC(C)(C)C(C)(C)O1.CC(C)C1=Cc2cc(Br)ccc2OB1O.O=Cc1cc(Br)ccc1O. The lowest BCUT2D eigenvalue weighted by molar-refractivity contribution is 0.00578. The Morgan fingerprint density at radius 3 is 1.60 bits per heavy atom. The molecule has 8 nitrogen and oxygen atoms in total. The predicted molar refractivity (Wildman–Crippen MR) is 198 cm³/mol. The summed E-state index contributed by atoms with van der Waals surface area (Å²) < 4.78 is 32.2. The van der Waals surface area contributed by atoms with Crippen LogP contribution in [0.3, 0.4) is 0 Å². The lowest BCUT2D eigenvalue weighted by Crippen LogP contribution is -2.41. The van der Waals surface area contributed by atoms with Crippen LogP contribution in [0.1, 0.15) is 99.0 Å². The van der Waals surface area contributed by atoms with Gasteiger partial charge >= 0.3 is 21.4 Å². The van der Waals surface area contributed by atoms with E-state index in [2.05, 4.69) is 101 Å². The summed E-state index contributed by atoms with van der Waals surface area (Å²) in [6.07, 6.45) is 2.61. The van der Waals surface area contributed by atoms with Crippen LogP contribution in [0.15, 0.2) is 50.8 Å². The van der Waals surface area contributed by atoms with Crippen LogP contribution in [0.25, 0.3) is 6.08 Å². The highest BCUT2D eigenvalue weighted by molar-refractivity contribution is 9.10. The number of fused-ring (bicyclic) bond motifs is 1. The average Bonchev–Trinajstić information content (AvgIpc) is 3.28. The van der Waals surface area contributed by atoms with E-state index in [0.29, 0.717) is 17.8 Å². The highest BCUT2D eigenvalue weighted by Gasteiger charge is 2.62. The number of carbonyl (C=O) groups is 1.